The fourth-order valence-electron chi connectivity index (χ4n) is 1.71. The van der Waals surface area contributed by atoms with Crippen LogP contribution in [0.25, 0.3) is 0 Å². The molecule has 2 N–H and O–H groups in total. The molecular formula is C15H24FNO2. The van der Waals surface area contributed by atoms with Crippen molar-refractivity contribution < 1.29 is 14.2 Å². The van der Waals surface area contributed by atoms with Crippen molar-refractivity contribution in [3.05, 3.63) is 29.6 Å². The molecule has 0 spiro atoms. The van der Waals surface area contributed by atoms with Gasteiger partial charge in [-0.25, -0.2) is 4.39 Å². The van der Waals surface area contributed by atoms with Crippen molar-refractivity contribution in [1.82, 2.24) is 5.32 Å². The summed E-state index contributed by atoms with van der Waals surface area (Å²) in [4.78, 5) is 0. The van der Waals surface area contributed by atoms with Crippen molar-refractivity contribution in [2.75, 3.05) is 20.3 Å². The van der Waals surface area contributed by atoms with Gasteiger partial charge in [0, 0.05) is 17.5 Å². The average Bonchev–Trinajstić information content (AvgIpc) is 2.36. The molecule has 0 heterocycles. The molecule has 0 atom stereocenters. The first kappa shape index (κ1) is 15.9. The van der Waals surface area contributed by atoms with Gasteiger partial charge in [0.2, 0.25) is 0 Å². The second-order valence-electron chi connectivity index (χ2n) is 6.13. The highest BCUT2D eigenvalue weighted by atomic mass is 19.1. The maximum atomic E-state index is 13.7. The second-order valence-corrected chi connectivity index (χ2v) is 6.13. The minimum absolute atomic E-state index is 0.0556. The highest BCUT2D eigenvalue weighted by Gasteiger charge is 2.25. The molecule has 1 aromatic rings. The SMILES string of the molecule is COc1ccc(C(C)(C)CNC(C)(C)CO)cc1F. The van der Waals surface area contributed by atoms with Gasteiger partial charge in [0.15, 0.2) is 11.6 Å². The number of benzene rings is 1. The van der Waals surface area contributed by atoms with Gasteiger partial charge in [0.05, 0.1) is 13.7 Å². The summed E-state index contributed by atoms with van der Waals surface area (Å²) < 4.78 is 18.7. The minimum Gasteiger partial charge on any atom is -0.494 e. The molecule has 0 unspecified atom stereocenters. The summed E-state index contributed by atoms with van der Waals surface area (Å²) in [6.45, 7) is 8.63. The van der Waals surface area contributed by atoms with Crippen LogP contribution in [0.3, 0.4) is 0 Å². The van der Waals surface area contributed by atoms with Crippen molar-refractivity contribution >= 4 is 0 Å². The standard InChI is InChI=1S/C15H24FNO2/c1-14(2,9-17-15(3,4)10-18)11-6-7-13(19-5)12(16)8-11/h6-8,17-18H,9-10H2,1-5H3. The summed E-state index contributed by atoms with van der Waals surface area (Å²) in [6.07, 6.45) is 0. The van der Waals surface area contributed by atoms with Gasteiger partial charge in [-0.2, -0.15) is 0 Å². The number of hydrogen-bond acceptors (Lipinski definition) is 3. The van der Waals surface area contributed by atoms with E-state index < -0.39 is 0 Å². The molecule has 0 fully saturated rings. The van der Waals surface area contributed by atoms with E-state index in [0.29, 0.717) is 6.54 Å². The first-order valence-electron chi connectivity index (χ1n) is 6.42. The van der Waals surface area contributed by atoms with Gasteiger partial charge in [-0.05, 0) is 31.5 Å². The van der Waals surface area contributed by atoms with Crippen LogP contribution in [0.4, 0.5) is 4.39 Å². The third-order valence-corrected chi connectivity index (χ3v) is 3.34. The summed E-state index contributed by atoms with van der Waals surface area (Å²) in [7, 11) is 1.45. The molecule has 0 saturated carbocycles. The Bertz CT molecular complexity index is 430. The lowest BCUT2D eigenvalue weighted by atomic mass is 9.83. The maximum absolute atomic E-state index is 13.7. The van der Waals surface area contributed by atoms with Gasteiger partial charge < -0.3 is 15.2 Å². The number of methoxy groups -OCH3 is 1. The van der Waals surface area contributed by atoms with Crippen LogP contribution in [-0.2, 0) is 5.41 Å². The Labute approximate surface area is 114 Å². The fourth-order valence-corrected chi connectivity index (χ4v) is 1.71. The lowest BCUT2D eigenvalue weighted by Crippen LogP contribution is -2.48. The Morgan fingerprint density at radius 3 is 2.37 bits per heavy atom. The summed E-state index contributed by atoms with van der Waals surface area (Å²) in [6, 6.07) is 5.02. The molecule has 0 aliphatic heterocycles. The molecule has 4 heteroatoms. The van der Waals surface area contributed by atoms with E-state index in [0.717, 1.165) is 5.56 Å². The van der Waals surface area contributed by atoms with E-state index in [1.807, 2.05) is 33.8 Å². The Balaban J connectivity index is 2.85. The van der Waals surface area contributed by atoms with Gasteiger partial charge >= 0.3 is 0 Å². The monoisotopic (exact) mass is 269 g/mol. The predicted molar refractivity (Wildman–Crippen MR) is 75.1 cm³/mol. The van der Waals surface area contributed by atoms with E-state index in [4.69, 9.17) is 4.74 Å². The molecule has 108 valence electrons. The van der Waals surface area contributed by atoms with Crippen molar-refractivity contribution in [1.29, 1.82) is 0 Å². The zero-order valence-corrected chi connectivity index (χ0v) is 12.4. The smallest absolute Gasteiger partial charge is 0.165 e. The van der Waals surface area contributed by atoms with Gasteiger partial charge in [0.25, 0.3) is 0 Å². The van der Waals surface area contributed by atoms with Crippen molar-refractivity contribution in [3.8, 4) is 5.75 Å². The zero-order valence-electron chi connectivity index (χ0n) is 12.4. The van der Waals surface area contributed by atoms with Crippen LogP contribution in [0.2, 0.25) is 0 Å². The van der Waals surface area contributed by atoms with E-state index in [-0.39, 0.29) is 29.1 Å². The fraction of sp³-hybridized carbons (Fsp3) is 0.600. The highest BCUT2D eigenvalue weighted by molar-refractivity contribution is 5.33. The number of nitrogens with one attached hydrogen (secondary N) is 1. The van der Waals surface area contributed by atoms with Crippen molar-refractivity contribution in [2.24, 2.45) is 0 Å². The molecule has 1 aromatic carbocycles. The highest BCUT2D eigenvalue weighted by Crippen LogP contribution is 2.27. The van der Waals surface area contributed by atoms with Crippen molar-refractivity contribution in [2.45, 2.75) is 38.6 Å². The number of halogens is 1. The zero-order chi connectivity index (χ0) is 14.7. The van der Waals surface area contributed by atoms with Crippen LogP contribution in [-0.4, -0.2) is 30.9 Å². The van der Waals surface area contributed by atoms with Crippen LogP contribution in [0.5, 0.6) is 5.75 Å². The molecule has 19 heavy (non-hydrogen) atoms. The van der Waals surface area contributed by atoms with Crippen LogP contribution in [0.1, 0.15) is 33.3 Å². The van der Waals surface area contributed by atoms with E-state index >= 15 is 0 Å². The van der Waals surface area contributed by atoms with Crippen LogP contribution >= 0.6 is 0 Å². The van der Waals surface area contributed by atoms with E-state index in [1.165, 1.54) is 13.2 Å². The Morgan fingerprint density at radius 2 is 1.89 bits per heavy atom. The molecule has 0 aliphatic rings. The maximum Gasteiger partial charge on any atom is 0.165 e. The van der Waals surface area contributed by atoms with Crippen LogP contribution < -0.4 is 10.1 Å². The first-order valence-corrected chi connectivity index (χ1v) is 6.42. The quantitative estimate of drug-likeness (QED) is 0.833. The first-order chi connectivity index (χ1) is 8.72. The molecule has 0 radical (unpaired) electrons. The van der Waals surface area contributed by atoms with E-state index in [2.05, 4.69) is 5.32 Å². The van der Waals surface area contributed by atoms with Gasteiger partial charge in [-0.15, -0.1) is 0 Å². The lowest BCUT2D eigenvalue weighted by Gasteiger charge is -2.32. The number of aliphatic hydroxyl groups excluding tert-OH is 1. The number of hydrogen-bond donors (Lipinski definition) is 2. The Kier molecular flexibility index (Phi) is 4.93. The van der Waals surface area contributed by atoms with E-state index in [9.17, 15) is 9.50 Å². The largest absolute Gasteiger partial charge is 0.494 e. The summed E-state index contributed by atoms with van der Waals surface area (Å²) >= 11 is 0. The van der Waals surface area contributed by atoms with Crippen LogP contribution in [0.15, 0.2) is 18.2 Å². The summed E-state index contributed by atoms with van der Waals surface area (Å²) in [5.74, 6) is -0.0994. The third kappa shape index (κ3) is 4.18. The average molecular weight is 269 g/mol. The lowest BCUT2D eigenvalue weighted by molar-refractivity contribution is 0.181. The van der Waals surface area contributed by atoms with Gasteiger partial charge in [-0.3, -0.25) is 0 Å². The molecule has 1 rings (SSSR count). The topological polar surface area (TPSA) is 41.5 Å². The molecule has 0 aliphatic carbocycles. The molecule has 0 amide bonds. The van der Waals surface area contributed by atoms with Crippen molar-refractivity contribution in [3.63, 3.8) is 0 Å². The normalized spacial score (nSPS) is 12.6. The number of aliphatic hydroxyl groups is 1. The van der Waals surface area contributed by atoms with Gasteiger partial charge in [-0.1, -0.05) is 19.9 Å². The summed E-state index contributed by atoms with van der Waals surface area (Å²) in [5.41, 5.74) is 0.314. The number of ether oxygens (including phenoxy) is 1. The van der Waals surface area contributed by atoms with Gasteiger partial charge in [0.1, 0.15) is 0 Å². The second kappa shape index (κ2) is 5.88. The molecule has 0 aromatic heterocycles. The predicted octanol–water partition coefficient (Wildman–Crippen LogP) is 2.47. The molecule has 0 bridgehead atoms. The summed E-state index contributed by atoms with van der Waals surface area (Å²) in [5, 5.41) is 12.5. The Hall–Kier alpha value is -1.13. The third-order valence-electron chi connectivity index (χ3n) is 3.34. The van der Waals surface area contributed by atoms with Crippen LogP contribution in [0, 0.1) is 5.82 Å². The number of rotatable bonds is 6. The molecule has 0 saturated heterocycles. The molecule has 3 nitrogen and oxygen atoms in total. The molecular weight excluding hydrogens is 245 g/mol. The van der Waals surface area contributed by atoms with E-state index in [1.54, 1.807) is 6.07 Å². The minimum atomic E-state index is -0.352. The Morgan fingerprint density at radius 1 is 1.26 bits per heavy atom.